The summed E-state index contributed by atoms with van der Waals surface area (Å²) in [6.45, 7) is 5.48. The van der Waals surface area contributed by atoms with E-state index in [4.69, 9.17) is 5.73 Å². The lowest BCUT2D eigenvalue weighted by atomic mass is 10.1. The number of benzene rings is 1. The van der Waals surface area contributed by atoms with E-state index in [-0.39, 0.29) is 10.7 Å². The number of hydrogen-bond acceptors (Lipinski definition) is 2. The maximum Gasteiger partial charge on any atom is 0.236 e. The van der Waals surface area contributed by atoms with Crippen molar-refractivity contribution in [3.8, 4) is 0 Å². The Hall–Kier alpha value is -1.03. The SMILES string of the molecule is CCN(CC)C(=O)C(Br)Cc1ccc(N)cc1. The number of carbonyl (C=O) groups excluding carboxylic acids is 1. The van der Waals surface area contributed by atoms with Gasteiger partial charge in [-0.15, -0.1) is 0 Å². The summed E-state index contributed by atoms with van der Waals surface area (Å²) >= 11 is 3.46. The highest BCUT2D eigenvalue weighted by Crippen LogP contribution is 2.14. The second kappa shape index (κ2) is 6.64. The number of hydrogen-bond donors (Lipinski definition) is 1. The van der Waals surface area contributed by atoms with E-state index in [0.717, 1.165) is 24.3 Å². The van der Waals surface area contributed by atoms with Crippen LogP contribution in [0, 0.1) is 0 Å². The lowest BCUT2D eigenvalue weighted by Gasteiger charge is -2.21. The molecule has 4 heteroatoms. The number of carbonyl (C=O) groups is 1. The number of anilines is 1. The van der Waals surface area contributed by atoms with Crippen LogP contribution in [-0.2, 0) is 11.2 Å². The minimum absolute atomic E-state index is 0.145. The largest absolute Gasteiger partial charge is 0.399 e. The van der Waals surface area contributed by atoms with Crippen molar-refractivity contribution in [2.75, 3.05) is 18.8 Å². The van der Waals surface area contributed by atoms with Crippen molar-refractivity contribution >= 4 is 27.5 Å². The molecule has 0 aliphatic rings. The van der Waals surface area contributed by atoms with Crippen LogP contribution in [0.3, 0.4) is 0 Å². The minimum atomic E-state index is -0.161. The summed E-state index contributed by atoms with van der Waals surface area (Å²) in [6.07, 6.45) is 0.690. The van der Waals surface area contributed by atoms with Gasteiger partial charge in [-0.2, -0.15) is 0 Å². The van der Waals surface area contributed by atoms with Crippen LogP contribution >= 0.6 is 15.9 Å². The summed E-state index contributed by atoms with van der Waals surface area (Å²) in [6, 6.07) is 7.63. The van der Waals surface area contributed by atoms with Crippen molar-refractivity contribution in [2.24, 2.45) is 0 Å². The molecule has 94 valence electrons. The first-order valence-electron chi connectivity index (χ1n) is 5.85. The van der Waals surface area contributed by atoms with Gasteiger partial charge in [0.1, 0.15) is 0 Å². The summed E-state index contributed by atoms with van der Waals surface area (Å²) in [5, 5.41) is 0. The number of nitrogens with two attached hydrogens (primary N) is 1. The van der Waals surface area contributed by atoms with Gasteiger partial charge in [-0.3, -0.25) is 4.79 Å². The van der Waals surface area contributed by atoms with Crippen molar-refractivity contribution in [1.29, 1.82) is 0 Å². The lowest BCUT2D eigenvalue weighted by molar-refractivity contribution is -0.130. The molecule has 0 heterocycles. The summed E-state index contributed by atoms with van der Waals surface area (Å²) in [5.41, 5.74) is 7.48. The third-order valence-electron chi connectivity index (χ3n) is 2.74. The van der Waals surface area contributed by atoms with Crippen molar-refractivity contribution in [3.05, 3.63) is 29.8 Å². The summed E-state index contributed by atoms with van der Waals surface area (Å²) in [4.78, 5) is 13.7. The standard InChI is InChI=1S/C13H19BrN2O/c1-3-16(4-2)13(17)12(14)9-10-5-7-11(15)8-6-10/h5-8,12H,3-4,9,15H2,1-2H3. The smallest absolute Gasteiger partial charge is 0.236 e. The predicted molar refractivity (Wildman–Crippen MR) is 75.2 cm³/mol. The first-order valence-corrected chi connectivity index (χ1v) is 6.77. The molecule has 0 aromatic heterocycles. The number of nitrogens with zero attached hydrogens (tertiary/aromatic N) is 1. The molecule has 1 aromatic carbocycles. The minimum Gasteiger partial charge on any atom is -0.399 e. The molecule has 0 saturated carbocycles. The van der Waals surface area contributed by atoms with Gasteiger partial charge < -0.3 is 10.6 Å². The van der Waals surface area contributed by atoms with E-state index in [2.05, 4.69) is 15.9 Å². The van der Waals surface area contributed by atoms with E-state index < -0.39 is 0 Å². The normalized spacial score (nSPS) is 12.2. The van der Waals surface area contributed by atoms with Crippen molar-refractivity contribution in [2.45, 2.75) is 25.1 Å². The van der Waals surface area contributed by atoms with Gasteiger partial charge in [0.15, 0.2) is 0 Å². The maximum atomic E-state index is 12.0. The summed E-state index contributed by atoms with van der Waals surface area (Å²) in [5.74, 6) is 0.145. The van der Waals surface area contributed by atoms with Gasteiger partial charge in [0.05, 0.1) is 4.83 Å². The molecule has 1 atom stereocenters. The van der Waals surface area contributed by atoms with Crippen LogP contribution in [0.15, 0.2) is 24.3 Å². The Labute approximate surface area is 111 Å². The highest BCUT2D eigenvalue weighted by Gasteiger charge is 2.19. The third kappa shape index (κ3) is 4.04. The van der Waals surface area contributed by atoms with Gasteiger partial charge in [0.2, 0.25) is 5.91 Å². The molecule has 2 N–H and O–H groups in total. The van der Waals surface area contributed by atoms with Gasteiger partial charge in [0.25, 0.3) is 0 Å². The Morgan fingerprint density at radius 3 is 2.29 bits per heavy atom. The highest BCUT2D eigenvalue weighted by molar-refractivity contribution is 9.10. The maximum absolute atomic E-state index is 12.0. The molecule has 0 spiro atoms. The summed E-state index contributed by atoms with van der Waals surface area (Å²) < 4.78 is 0. The molecule has 0 aliphatic heterocycles. The molecule has 0 radical (unpaired) electrons. The molecule has 1 unspecified atom stereocenters. The Morgan fingerprint density at radius 1 is 1.29 bits per heavy atom. The monoisotopic (exact) mass is 298 g/mol. The zero-order valence-corrected chi connectivity index (χ0v) is 11.9. The quantitative estimate of drug-likeness (QED) is 0.670. The first kappa shape index (κ1) is 14.0. The fraction of sp³-hybridized carbons (Fsp3) is 0.462. The Kier molecular flexibility index (Phi) is 5.48. The van der Waals surface area contributed by atoms with Gasteiger partial charge in [-0.05, 0) is 38.0 Å². The number of rotatable bonds is 5. The van der Waals surface area contributed by atoms with Gasteiger partial charge in [0, 0.05) is 18.8 Å². The predicted octanol–water partition coefficient (Wildman–Crippen LogP) is 2.44. The average molecular weight is 299 g/mol. The molecule has 1 rings (SSSR count). The molecule has 1 amide bonds. The first-order chi connectivity index (χ1) is 8.08. The van der Waals surface area contributed by atoms with E-state index in [9.17, 15) is 4.79 Å². The number of nitrogen functional groups attached to an aromatic ring is 1. The van der Waals surface area contributed by atoms with Crippen LogP contribution in [0.2, 0.25) is 0 Å². The molecule has 17 heavy (non-hydrogen) atoms. The second-order valence-electron chi connectivity index (χ2n) is 3.92. The fourth-order valence-electron chi connectivity index (χ4n) is 1.68. The Balaban J connectivity index is 2.62. The molecule has 0 fully saturated rings. The third-order valence-corrected chi connectivity index (χ3v) is 3.45. The Bertz CT molecular complexity index is 360. The van der Waals surface area contributed by atoms with E-state index in [1.54, 1.807) is 0 Å². The zero-order chi connectivity index (χ0) is 12.8. The van der Waals surface area contributed by atoms with Crippen LogP contribution < -0.4 is 5.73 Å². The van der Waals surface area contributed by atoms with Crippen LogP contribution in [0.5, 0.6) is 0 Å². The van der Waals surface area contributed by atoms with Gasteiger partial charge in [-0.1, -0.05) is 28.1 Å². The number of amides is 1. The number of alkyl halides is 1. The van der Waals surface area contributed by atoms with E-state index in [0.29, 0.717) is 6.42 Å². The van der Waals surface area contributed by atoms with Gasteiger partial charge >= 0.3 is 0 Å². The van der Waals surface area contributed by atoms with Crippen molar-refractivity contribution in [3.63, 3.8) is 0 Å². The molecular weight excluding hydrogens is 280 g/mol. The molecule has 3 nitrogen and oxygen atoms in total. The van der Waals surface area contributed by atoms with E-state index in [1.807, 2.05) is 43.0 Å². The van der Waals surface area contributed by atoms with E-state index >= 15 is 0 Å². The lowest BCUT2D eigenvalue weighted by Crippen LogP contribution is -2.37. The topological polar surface area (TPSA) is 46.3 Å². The van der Waals surface area contributed by atoms with E-state index in [1.165, 1.54) is 0 Å². The molecular formula is C13H19BrN2O. The molecule has 0 bridgehead atoms. The van der Waals surface area contributed by atoms with Gasteiger partial charge in [-0.25, -0.2) is 0 Å². The zero-order valence-electron chi connectivity index (χ0n) is 10.3. The summed E-state index contributed by atoms with van der Waals surface area (Å²) in [7, 11) is 0. The number of halogens is 1. The van der Waals surface area contributed by atoms with Crippen molar-refractivity contribution in [1.82, 2.24) is 4.90 Å². The van der Waals surface area contributed by atoms with Crippen LogP contribution in [-0.4, -0.2) is 28.7 Å². The van der Waals surface area contributed by atoms with Crippen molar-refractivity contribution < 1.29 is 4.79 Å². The average Bonchev–Trinajstić information content (AvgIpc) is 2.33. The second-order valence-corrected chi connectivity index (χ2v) is 5.03. The molecule has 0 saturated heterocycles. The highest BCUT2D eigenvalue weighted by atomic mass is 79.9. The molecule has 0 aliphatic carbocycles. The fourth-order valence-corrected chi connectivity index (χ4v) is 2.34. The molecule has 1 aromatic rings. The van der Waals surface area contributed by atoms with Crippen LogP contribution in [0.4, 0.5) is 5.69 Å². The van der Waals surface area contributed by atoms with Crippen LogP contribution in [0.1, 0.15) is 19.4 Å². The van der Waals surface area contributed by atoms with Crippen LogP contribution in [0.25, 0.3) is 0 Å². The Morgan fingerprint density at radius 2 is 1.82 bits per heavy atom.